The summed E-state index contributed by atoms with van der Waals surface area (Å²) in [6.45, 7) is 11.4. The van der Waals surface area contributed by atoms with E-state index in [4.69, 9.17) is 9.47 Å². The van der Waals surface area contributed by atoms with Crippen molar-refractivity contribution in [3.63, 3.8) is 0 Å². The lowest BCUT2D eigenvalue weighted by Crippen LogP contribution is -2.44. The highest BCUT2D eigenvalue weighted by molar-refractivity contribution is 14.1. The van der Waals surface area contributed by atoms with E-state index in [1.807, 2.05) is 12.1 Å². The maximum atomic E-state index is 14.3. The molecule has 7 heteroatoms. The molecule has 0 unspecified atom stereocenters. The standard InChI is InChI=1S/C33H37FINO4/c1-7-36-23-14-32(2,3)16-25(37)29(23)28(30-24(36)15-33(4,5)17-26(30)38)20-12-22(35)31(27(13-20)39-6)40-18-19-10-8-9-11-21(19)34/h8-13,28H,7,14-18H2,1-6H3. The van der Waals surface area contributed by atoms with Gasteiger partial charge in [-0.2, -0.15) is 0 Å². The molecule has 0 radical (unpaired) electrons. The average molecular weight is 658 g/mol. The Morgan fingerprint density at radius 1 is 0.950 bits per heavy atom. The maximum Gasteiger partial charge on any atom is 0.174 e. The van der Waals surface area contributed by atoms with E-state index in [1.54, 1.807) is 25.3 Å². The highest BCUT2D eigenvalue weighted by Crippen LogP contribution is 2.55. The Kier molecular flexibility index (Phi) is 7.66. The van der Waals surface area contributed by atoms with E-state index in [9.17, 15) is 14.0 Å². The lowest BCUT2D eigenvalue weighted by molar-refractivity contribution is -0.119. The fourth-order valence-corrected chi connectivity index (χ4v) is 7.36. The molecule has 40 heavy (non-hydrogen) atoms. The first-order valence-corrected chi connectivity index (χ1v) is 15.0. The van der Waals surface area contributed by atoms with Crippen LogP contribution in [0, 0.1) is 20.2 Å². The lowest BCUT2D eigenvalue weighted by Gasteiger charge is -2.49. The molecule has 2 aromatic carbocycles. The van der Waals surface area contributed by atoms with Crippen LogP contribution in [-0.2, 0) is 16.2 Å². The number of ketones is 2. The molecule has 212 valence electrons. The molecule has 0 atom stereocenters. The summed E-state index contributed by atoms with van der Waals surface area (Å²) in [6, 6.07) is 10.4. The number of Topliss-reactive ketones (excluding diaryl/α,β-unsaturated/α-hetero) is 2. The molecule has 3 aliphatic rings. The van der Waals surface area contributed by atoms with E-state index >= 15 is 0 Å². The molecule has 0 bridgehead atoms. The van der Waals surface area contributed by atoms with E-state index in [2.05, 4.69) is 62.1 Å². The van der Waals surface area contributed by atoms with Crippen LogP contribution in [-0.4, -0.2) is 30.1 Å². The molecule has 0 N–H and O–H groups in total. The van der Waals surface area contributed by atoms with Crippen molar-refractivity contribution in [3.05, 3.63) is 79.5 Å². The predicted octanol–water partition coefficient (Wildman–Crippen LogP) is 7.72. The molecule has 1 aliphatic heterocycles. The van der Waals surface area contributed by atoms with Crippen LogP contribution in [0.25, 0.3) is 0 Å². The monoisotopic (exact) mass is 657 g/mol. The molecule has 0 saturated carbocycles. The van der Waals surface area contributed by atoms with Crippen LogP contribution in [0.2, 0.25) is 0 Å². The van der Waals surface area contributed by atoms with Gasteiger partial charge in [-0.15, -0.1) is 0 Å². The molecule has 2 aromatic rings. The first-order valence-electron chi connectivity index (χ1n) is 13.9. The molecule has 0 aromatic heterocycles. The smallest absolute Gasteiger partial charge is 0.174 e. The van der Waals surface area contributed by atoms with Crippen LogP contribution in [0.15, 0.2) is 58.9 Å². The number of hydrogen-bond acceptors (Lipinski definition) is 5. The summed E-state index contributed by atoms with van der Waals surface area (Å²) >= 11 is 2.20. The van der Waals surface area contributed by atoms with Crippen LogP contribution < -0.4 is 9.47 Å². The van der Waals surface area contributed by atoms with Gasteiger partial charge in [-0.1, -0.05) is 45.9 Å². The Morgan fingerprint density at radius 2 is 1.52 bits per heavy atom. The Balaban J connectivity index is 1.65. The number of carbonyl (C=O) groups excluding carboxylic acids is 2. The molecule has 0 amide bonds. The summed E-state index contributed by atoms with van der Waals surface area (Å²) in [5, 5.41) is 0. The third kappa shape index (κ3) is 5.21. The van der Waals surface area contributed by atoms with Crippen LogP contribution in [0.5, 0.6) is 11.5 Å². The zero-order valence-corrected chi connectivity index (χ0v) is 26.3. The van der Waals surface area contributed by atoms with Crippen LogP contribution in [0.3, 0.4) is 0 Å². The maximum absolute atomic E-state index is 14.3. The average Bonchev–Trinajstić information content (AvgIpc) is 2.86. The van der Waals surface area contributed by atoms with Crippen molar-refractivity contribution < 1.29 is 23.5 Å². The summed E-state index contributed by atoms with van der Waals surface area (Å²) in [5.41, 5.74) is 4.56. The van der Waals surface area contributed by atoms with Crippen LogP contribution >= 0.6 is 22.6 Å². The van der Waals surface area contributed by atoms with Crippen molar-refractivity contribution in [1.29, 1.82) is 0 Å². The van der Waals surface area contributed by atoms with Gasteiger partial charge < -0.3 is 14.4 Å². The molecule has 0 saturated heterocycles. The van der Waals surface area contributed by atoms with Gasteiger partial charge in [0.15, 0.2) is 23.1 Å². The Morgan fingerprint density at radius 3 is 2.05 bits per heavy atom. The molecule has 5 nitrogen and oxygen atoms in total. The zero-order chi connectivity index (χ0) is 29.0. The number of methoxy groups -OCH3 is 1. The van der Waals surface area contributed by atoms with Gasteiger partial charge in [0.25, 0.3) is 0 Å². The number of carbonyl (C=O) groups is 2. The van der Waals surface area contributed by atoms with Gasteiger partial charge in [0, 0.05) is 53.4 Å². The fourth-order valence-electron chi connectivity index (χ4n) is 6.57. The fraction of sp³-hybridized carbons (Fsp3) is 0.455. The van der Waals surface area contributed by atoms with Gasteiger partial charge in [0.2, 0.25) is 0 Å². The third-order valence-electron chi connectivity index (χ3n) is 8.25. The summed E-state index contributed by atoms with van der Waals surface area (Å²) in [6.07, 6.45) is 2.45. The summed E-state index contributed by atoms with van der Waals surface area (Å²) in [7, 11) is 1.57. The SMILES string of the molecule is CCN1C2=C(C(=O)CC(C)(C)C2)C(c2cc(I)c(OCc3ccccc3F)c(OC)c2)C2=C1CC(C)(C)CC2=O. The van der Waals surface area contributed by atoms with E-state index in [0.717, 1.165) is 44.5 Å². The minimum atomic E-state index is -0.456. The van der Waals surface area contributed by atoms with E-state index in [0.29, 0.717) is 36.4 Å². The van der Waals surface area contributed by atoms with E-state index in [1.165, 1.54) is 6.07 Å². The normalized spacial score (nSPS) is 20.4. The Labute approximate surface area is 249 Å². The number of ether oxygens (including phenoxy) is 2. The van der Waals surface area contributed by atoms with E-state index in [-0.39, 0.29) is 34.8 Å². The summed E-state index contributed by atoms with van der Waals surface area (Å²) in [4.78, 5) is 30.0. The Hall–Kier alpha value is -2.68. The number of halogens is 2. The summed E-state index contributed by atoms with van der Waals surface area (Å²) in [5.74, 6) is 0.431. The van der Waals surface area contributed by atoms with Crippen molar-refractivity contribution in [2.45, 2.75) is 72.8 Å². The van der Waals surface area contributed by atoms with Crippen molar-refractivity contribution in [2.24, 2.45) is 10.8 Å². The Bertz CT molecular complexity index is 1400. The third-order valence-corrected chi connectivity index (χ3v) is 9.05. The topological polar surface area (TPSA) is 55.8 Å². The van der Waals surface area contributed by atoms with Gasteiger partial charge >= 0.3 is 0 Å². The molecule has 2 aliphatic carbocycles. The van der Waals surface area contributed by atoms with E-state index < -0.39 is 5.92 Å². The first-order chi connectivity index (χ1) is 18.9. The molecule has 5 rings (SSSR count). The largest absolute Gasteiger partial charge is 0.493 e. The van der Waals surface area contributed by atoms with Gasteiger partial charge in [0.1, 0.15) is 12.4 Å². The molecular weight excluding hydrogens is 620 g/mol. The second-order valence-corrected chi connectivity index (χ2v) is 13.9. The molecule has 1 heterocycles. The number of rotatable bonds is 6. The number of benzene rings is 2. The van der Waals surface area contributed by atoms with Crippen molar-refractivity contribution in [3.8, 4) is 11.5 Å². The predicted molar refractivity (Wildman–Crippen MR) is 162 cm³/mol. The highest BCUT2D eigenvalue weighted by Gasteiger charge is 2.48. The van der Waals surface area contributed by atoms with Gasteiger partial charge in [0.05, 0.1) is 10.7 Å². The van der Waals surface area contributed by atoms with Gasteiger partial charge in [-0.05, 0) is 76.9 Å². The highest BCUT2D eigenvalue weighted by atomic mass is 127. The van der Waals surface area contributed by atoms with Crippen molar-refractivity contribution >= 4 is 34.2 Å². The molecular formula is C33H37FINO4. The van der Waals surface area contributed by atoms with Gasteiger partial charge in [-0.25, -0.2) is 4.39 Å². The number of nitrogens with zero attached hydrogens (tertiary/aromatic N) is 1. The number of allylic oxidation sites excluding steroid dienone is 4. The van der Waals surface area contributed by atoms with Crippen LogP contribution in [0.4, 0.5) is 4.39 Å². The minimum absolute atomic E-state index is 0.0546. The second kappa shape index (κ2) is 10.6. The van der Waals surface area contributed by atoms with Gasteiger partial charge in [-0.3, -0.25) is 9.59 Å². The minimum Gasteiger partial charge on any atom is -0.493 e. The number of hydrogen-bond donors (Lipinski definition) is 0. The quantitative estimate of drug-likeness (QED) is 0.298. The molecule has 0 spiro atoms. The van der Waals surface area contributed by atoms with Crippen molar-refractivity contribution in [2.75, 3.05) is 13.7 Å². The second-order valence-electron chi connectivity index (χ2n) is 12.7. The van der Waals surface area contributed by atoms with Crippen molar-refractivity contribution in [1.82, 2.24) is 4.90 Å². The summed E-state index contributed by atoms with van der Waals surface area (Å²) < 4.78 is 26.9. The van der Waals surface area contributed by atoms with Crippen LogP contribution in [0.1, 0.15) is 77.3 Å². The molecule has 0 fully saturated rings. The first kappa shape index (κ1) is 28.8. The lowest BCUT2D eigenvalue weighted by atomic mass is 9.63. The zero-order valence-electron chi connectivity index (χ0n) is 24.1.